The summed E-state index contributed by atoms with van der Waals surface area (Å²) < 4.78 is 32.8. The first-order valence-electron chi connectivity index (χ1n) is 8.98. The summed E-state index contributed by atoms with van der Waals surface area (Å²) in [6.45, 7) is 7.16. The monoisotopic (exact) mass is 349 g/mol. The molecule has 0 aromatic rings. The van der Waals surface area contributed by atoms with Crippen LogP contribution in [0.1, 0.15) is 19.3 Å². The molecule has 0 aromatic heterocycles. The maximum absolute atomic E-state index is 5.57. The van der Waals surface area contributed by atoms with Crippen molar-refractivity contribution in [3.05, 3.63) is 0 Å². The van der Waals surface area contributed by atoms with Gasteiger partial charge in [0.05, 0.1) is 59.5 Å². The molecule has 1 heterocycles. The van der Waals surface area contributed by atoms with E-state index in [1.165, 1.54) is 6.42 Å². The Hall–Kier alpha value is -0.280. The van der Waals surface area contributed by atoms with E-state index in [4.69, 9.17) is 28.4 Å². The molecule has 0 aliphatic carbocycles. The van der Waals surface area contributed by atoms with Crippen molar-refractivity contribution in [1.82, 2.24) is 4.90 Å². The van der Waals surface area contributed by atoms with Crippen LogP contribution >= 0.6 is 0 Å². The first-order valence-corrected chi connectivity index (χ1v) is 8.98. The first kappa shape index (κ1) is 21.8. The van der Waals surface area contributed by atoms with Crippen LogP contribution in [-0.4, -0.2) is 97.9 Å². The van der Waals surface area contributed by atoms with E-state index in [2.05, 4.69) is 4.90 Å². The molecule has 1 aliphatic rings. The van der Waals surface area contributed by atoms with Crippen molar-refractivity contribution >= 4 is 0 Å². The van der Waals surface area contributed by atoms with Gasteiger partial charge in [-0.25, -0.2) is 0 Å². The Morgan fingerprint density at radius 3 is 1.79 bits per heavy atom. The van der Waals surface area contributed by atoms with Crippen LogP contribution in [0.25, 0.3) is 0 Å². The van der Waals surface area contributed by atoms with E-state index in [0.717, 1.165) is 32.6 Å². The van der Waals surface area contributed by atoms with E-state index in [1.807, 2.05) is 14.1 Å². The zero-order valence-electron chi connectivity index (χ0n) is 15.4. The second kappa shape index (κ2) is 16.2. The number of hydrogen-bond donors (Lipinski definition) is 0. The molecule has 0 bridgehead atoms. The number of likely N-dealkylation sites (N-methyl/N-ethyl adjacent to an activating group) is 1. The van der Waals surface area contributed by atoms with E-state index in [0.29, 0.717) is 52.9 Å². The van der Waals surface area contributed by atoms with Crippen LogP contribution in [0.5, 0.6) is 0 Å². The summed E-state index contributed by atoms with van der Waals surface area (Å²) in [5.74, 6) is 0. The summed E-state index contributed by atoms with van der Waals surface area (Å²) in [5, 5.41) is 0. The van der Waals surface area contributed by atoms with Gasteiger partial charge < -0.3 is 33.3 Å². The van der Waals surface area contributed by atoms with Gasteiger partial charge in [0, 0.05) is 13.2 Å². The van der Waals surface area contributed by atoms with Gasteiger partial charge in [-0.15, -0.1) is 0 Å². The van der Waals surface area contributed by atoms with Crippen molar-refractivity contribution in [2.75, 3.05) is 86.7 Å². The van der Waals surface area contributed by atoms with Crippen molar-refractivity contribution in [3.8, 4) is 0 Å². The Bertz CT molecular complexity index is 261. The van der Waals surface area contributed by atoms with E-state index >= 15 is 0 Å². The average molecular weight is 349 g/mol. The highest BCUT2D eigenvalue weighted by Gasteiger charge is 2.13. The van der Waals surface area contributed by atoms with Crippen LogP contribution in [0.2, 0.25) is 0 Å². The molecule has 1 unspecified atom stereocenters. The molecule has 1 aliphatic heterocycles. The highest BCUT2D eigenvalue weighted by atomic mass is 16.7. The highest BCUT2D eigenvalue weighted by Crippen LogP contribution is 2.13. The van der Waals surface area contributed by atoms with Gasteiger partial charge in [0.25, 0.3) is 0 Å². The zero-order chi connectivity index (χ0) is 17.3. The molecular weight excluding hydrogens is 314 g/mol. The molecule has 144 valence electrons. The normalized spacial score (nSPS) is 18.4. The van der Waals surface area contributed by atoms with Crippen molar-refractivity contribution in [3.63, 3.8) is 0 Å². The highest BCUT2D eigenvalue weighted by molar-refractivity contribution is 4.53. The lowest BCUT2D eigenvalue weighted by Gasteiger charge is -2.22. The minimum atomic E-state index is -0.0392. The second-order valence-corrected chi connectivity index (χ2v) is 5.92. The summed E-state index contributed by atoms with van der Waals surface area (Å²) in [6.07, 6.45) is 3.27. The van der Waals surface area contributed by atoms with Crippen LogP contribution in [0.4, 0.5) is 0 Å². The molecule has 1 atom stereocenters. The number of nitrogens with zero attached hydrogens (tertiary/aromatic N) is 1. The van der Waals surface area contributed by atoms with Crippen LogP contribution in [0.3, 0.4) is 0 Å². The molecule has 0 spiro atoms. The number of rotatable bonds is 16. The van der Waals surface area contributed by atoms with E-state index in [1.54, 1.807) is 0 Å². The predicted octanol–water partition coefficient (Wildman–Crippen LogP) is 1.16. The number of hydrogen-bond acceptors (Lipinski definition) is 7. The van der Waals surface area contributed by atoms with Gasteiger partial charge in [-0.3, -0.25) is 0 Å². The smallest absolute Gasteiger partial charge is 0.157 e. The Morgan fingerprint density at radius 2 is 1.29 bits per heavy atom. The summed E-state index contributed by atoms with van der Waals surface area (Å²) >= 11 is 0. The third kappa shape index (κ3) is 14.1. The van der Waals surface area contributed by atoms with Gasteiger partial charge >= 0.3 is 0 Å². The van der Waals surface area contributed by atoms with Crippen molar-refractivity contribution in [2.24, 2.45) is 0 Å². The van der Waals surface area contributed by atoms with Gasteiger partial charge in [-0.1, -0.05) is 0 Å². The van der Waals surface area contributed by atoms with Crippen molar-refractivity contribution < 1.29 is 28.4 Å². The minimum Gasteiger partial charge on any atom is -0.378 e. The topological polar surface area (TPSA) is 58.6 Å². The van der Waals surface area contributed by atoms with Crippen molar-refractivity contribution in [1.29, 1.82) is 0 Å². The van der Waals surface area contributed by atoms with Gasteiger partial charge in [0.1, 0.15) is 0 Å². The third-order valence-corrected chi connectivity index (χ3v) is 3.47. The predicted molar refractivity (Wildman–Crippen MR) is 91.4 cm³/mol. The second-order valence-electron chi connectivity index (χ2n) is 5.92. The Morgan fingerprint density at radius 1 is 0.750 bits per heavy atom. The van der Waals surface area contributed by atoms with Crippen LogP contribution in [0.15, 0.2) is 0 Å². The molecule has 24 heavy (non-hydrogen) atoms. The van der Waals surface area contributed by atoms with Gasteiger partial charge in [0.2, 0.25) is 0 Å². The van der Waals surface area contributed by atoms with Crippen LogP contribution in [-0.2, 0) is 28.4 Å². The lowest BCUT2D eigenvalue weighted by Crippen LogP contribution is -2.24. The summed E-state index contributed by atoms with van der Waals surface area (Å²) in [4.78, 5) is 2.09. The van der Waals surface area contributed by atoms with Crippen LogP contribution < -0.4 is 0 Å². The van der Waals surface area contributed by atoms with E-state index in [-0.39, 0.29) is 6.29 Å². The molecule has 7 nitrogen and oxygen atoms in total. The van der Waals surface area contributed by atoms with E-state index < -0.39 is 0 Å². The van der Waals surface area contributed by atoms with E-state index in [9.17, 15) is 0 Å². The quantitative estimate of drug-likeness (QED) is 0.388. The molecule has 1 rings (SSSR count). The maximum atomic E-state index is 5.57. The maximum Gasteiger partial charge on any atom is 0.157 e. The molecule has 0 N–H and O–H groups in total. The largest absolute Gasteiger partial charge is 0.378 e. The number of ether oxygens (including phenoxy) is 6. The first-order chi connectivity index (χ1) is 11.8. The fraction of sp³-hybridized carbons (Fsp3) is 1.00. The van der Waals surface area contributed by atoms with Gasteiger partial charge in [-0.2, -0.15) is 0 Å². The molecule has 0 amide bonds. The molecule has 1 saturated heterocycles. The molecule has 1 fully saturated rings. The van der Waals surface area contributed by atoms with Crippen LogP contribution in [0, 0.1) is 0 Å². The summed E-state index contributed by atoms with van der Waals surface area (Å²) in [5.41, 5.74) is 0. The standard InChI is InChI=1S/C17H35NO6/c1-18(2)6-8-19-9-10-20-11-12-21-13-14-22-15-16-24-17-5-3-4-7-23-17/h17H,3-16H2,1-2H3. The summed E-state index contributed by atoms with van der Waals surface area (Å²) in [7, 11) is 4.05. The lowest BCUT2D eigenvalue weighted by molar-refractivity contribution is -0.169. The zero-order valence-corrected chi connectivity index (χ0v) is 15.4. The Balaban J connectivity index is 1.67. The lowest BCUT2D eigenvalue weighted by atomic mass is 10.2. The fourth-order valence-corrected chi connectivity index (χ4v) is 2.09. The van der Waals surface area contributed by atoms with Crippen molar-refractivity contribution in [2.45, 2.75) is 25.6 Å². The molecular formula is C17H35NO6. The molecule has 7 heteroatoms. The van der Waals surface area contributed by atoms with Gasteiger partial charge in [-0.05, 0) is 33.4 Å². The Labute approximate surface area is 146 Å². The third-order valence-electron chi connectivity index (χ3n) is 3.47. The summed E-state index contributed by atoms with van der Waals surface area (Å²) in [6, 6.07) is 0. The molecule has 0 aromatic carbocycles. The Kier molecular flexibility index (Phi) is 14.7. The van der Waals surface area contributed by atoms with Gasteiger partial charge in [0.15, 0.2) is 6.29 Å². The SMILES string of the molecule is CN(C)CCOCCOCCOCCOCCOC1CCCCO1. The molecule has 0 radical (unpaired) electrons. The average Bonchev–Trinajstić information content (AvgIpc) is 2.59. The minimum absolute atomic E-state index is 0.0392. The molecule has 0 saturated carbocycles. The fourth-order valence-electron chi connectivity index (χ4n) is 2.09.